The van der Waals surface area contributed by atoms with Crippen molar-refractivity contribution in [1.82, 2.24) is 5.32 Å². The van der Waals surface area contributed by atoms with Crippen LogP contribution in [0, 0.1) is 0 Å². The molecular formula is C13H17F2NO2. The monoisotopic (exact) mass is 257 g/mol. The molecule has 0 bridgehead atoms. The number of ether oxygens (including phenoxy) is 1. The van der Waals surface area contributed by atoms with E-state index in [0.717, 1.165) is 12.1 Å². The van der Waals surface area contributed by atoms with E-state index in [2.05, 4.69) is 10.1 Å². The minimum absolute atomic E-state index is 0.0626. The Balaban J connectivity index is 2.80. The molecule has 0 aliphatic carbocycles. The Bertz CT molecular complexity index is 390. The smallest absolute Gasteiger partial charge is 0.381 e. The van der Waals surface area contributed by atoms with Crippen LogP contribution < -0.4 is 5.32 Å². The molecule has 0 unspecified atom stereocenters. The first kappa shape index (κ1) is 14.6. The highest BCUT2D eigenvalue weighted by Crippen LogP contribution is 2.29. The van der Waals surface area contributed by atoms with Crippen LogP contribution in [0.25, 0.3) is 0 Å². The Morgan fingerprint density at radius 3 is 2.39 bits per heavy atom. The van der Waals surface area contributed by atoms with Crippen molar-refractivity contribution >= 4 is 5.97 Å². The van der Waals surface area contributed by atoms with E-state index in [1.54, 1.807) is 12.1 Å². The van der Waals surface area contributed by atoms with Crippen molar-refractivity contribution in [3.8, 4) is 0 Å². The minimum Gasteiger partial charge on any atom is -0.461 e. The molecule has 0 spiro atoms. The Kier molecular flexibility index (Phi) is 5.22. The van der Waals surface area contributed by atoms with Crippen LogP contribution in [0.1, 0.15) is 25.0 Å². The largest absolute Gasteiger partial charge is 0.461 e. The summed E-state index contributed by atoms with van der Waals surface area (Å²) < 4.78 is 31.6. The van der Waals surface area contributed by atoms with Gasteiger partial charge in [-0.15, -0.1) is 0 Å². The second-order valence-electron chi connectivity index (χ2n) is 3.77. The van der Waals surface area contributed by atoms with Gasteiger partial charge in [-0.25, -0.2) is 4.79 Å². The standard InChI is InChI=1S/C13H17F2NO2/c1-3-16-9-10-5-7-11(8-6-10)13(14,15)12(17)18-4-2/h5-8,16H,3-4,9H2,1-2H3. The van der Waals surface area contributed by atoms with E-state index in [1.807, 2.05) is 6.92 Å². The van der Waals surface area contributed by atoms with Gasteiger partial charge in [0.15, 0.2) is 0 Å². The van der Waals surface area contributed by atoms with Crippen molar-refractivity contribution in [2.24, 2.45) is 0 Å². The van der Waals surface area contributed by atoms with Crippen molar-refractivity contribution in [3.05, 3.63) is 35.4 Å². The number of alkyl halides is 2. The average Bonchev–Trinajstić information content (AvgIpc) is 2.37. The summed E-state index contributed by atoms with van der Waals surface area (Å²) in [5.41, 5.74) is 0.543. The number of hydrogen-bond acceptors (Lipinski definition) is 3. The number of nitrogens with one attached hydrogen (secondary N) is 1. The number of benzene rings is 1. The minimum atomic E-state index is -3.59. The molecule has 0 heterocycles. The van der Waals surface area contributed by atoms with Gasteiger partial charge in [0.05, 0.1) is 6.61 Å². The van der Waals surface area contributed by atoms with E-state index in [1.165, 1.54) is 19.1 Å². The predicted molar refractivity (Wildman–Crippen MR) is 64.3 cm³/mol. The van der Waals surface area contributed by atoms with Gasteiger partial charge in [-0.05, 0) is 19.0 Å². The number of carbonyl (C=O) groups is 1. The van der Waals surface area contributed by atoms with Crippen molar-refractivity contribution in [2.75, 3.05) is 13.2 Å². The summed E-state index contributed by atoms with van der Waals surface area (Å²) in [6.45, 7) is 4.81. The highest BCUT2D eigenvalue weighted by atomic mass is 19.3. The Morgan fingerprint density at radius 1 is 1.28 bits per heavy atom. The SMILES string of the molecule is CCNCc1ccc(C(F)(F)C(=O)OCC)cc1. The van der Waals surface area contributed by atoms with E-state index < -0.39 is 11.9 Å². The fourth-order valence-electron chi connectivity index (χ4n) is 1.44. The highest BCUT2D eigenvalue weighted by Gasteiger charge is 2.42. The molecule has 0 aromatic heterocycles. The molecule has 100 valence electrons. The van der Waals surface area contributed by atoms with Crippen LogP contribution in [0.2, 0.25) is 0 Å². The second kappa shape index (κ2) is 6.44. The molecule has 0 atom stereocenters. The zero-order valence-corrected chi connectivity index (χ0v) is 10.5. The van der Waals surface area contributed by atoms with Gasteiger partial charge in [0, 0.05) is 12.1 Å². The molecule has 0 aliphatic rings. The fraction of sp³-hybridized carbons (Fsp3) is 0.462. The lowest BCUT2D eigenvalue weighted by molar-refractivity contribution is -0.173. The molecule has 5 heteroatoms. The predicted octanol–water partition coefficient (Wildman–Crippen LogP) is 2.45. The molecule has 1 N–H and O–H groups in total. The average molecular weight is 257 g/mol. The molecule has 0 fully saturated rings. The van der Waals surface area contributed by atoms with Gasteiger partial charge in [-0.1, -0.05) is 31.2 Å². The van der Waals surface area contributed by atoms with Gasteiger partial charge in [-0.3, -0.25) is 0 Å². The van der Waals surface area contributed by atoms with E-state index in [4.69, 9.17) is 0 Å². The second-order valence-corrected chi connectivity index (χ2v) is 3.77. The molecule has 0 aliphatic heterocycles. The lowest BCUT2D eigenvalue weighted by Gasteiger charge is -2.15. The summed E-state index contributed by atoms with van der Waals surface area (Å²) in [6, 6.07) is 5.66. The molecule has 0 saturated heterocycles. The first-order chi connectivity index (χ1) is 8.52. The van der Waals surface area contributed by atoms with E-state index >= 15 is 0 Å². The Morgan fingerprint density at radius 2 is 1.89 bits per heavy atom. The molecule has 1 aromatic carbocycles. The molecule has 0 saturated carbocycles. The van der Waals surface area contributed by atoms with Crippen LogP contribution in [0.3, 0.4) is 0 Å². The molecule has 3 nitrogen and oxygen atoms in total. The summed E-state index contributed by atoms with van der Waals surface area (Å²) in [5, 5.41) is 3.09. The summed E-state index contributed by atoms with van der Waals surface area (Å²) in [7, 11) is 0. The van der Waals surface area contributed by atoms with Crippen LogP contribution in [-0.2, 0) is 22.0 Å². The molecule has 0 amide bonds. The maximum Gasteiger partial charge on any atom is 0.381 e. The first-order valence-electron chi connectivity index (χ1n) is 5.87. The maximum atomic E-state index is 13.6. The van der Waals surface area contributed by atoms with Gasteiger partial charge >= 0.3 is 11.9 Å². The van der Waals surface area contributed by atoms with Crippen LogP contribution >= 0.6 is 0 Å². The maximum absolute atomic E-state index is 13.6. The third-order valence-electron chi connectivity index (χ3n) is 2.43. The lowest BCUT2D eigenvalue weighted by Crippen LogP contribution is -2.28. The topological polar surface area (TPSA) is 38.3 Å². The van der Waals surface area contributed by atoms with Gasteiger partial charge < -0.3 is 10.1 Å². The molecule has 1 aromatic rings. The number of halogens is 2. The normalized spacial score (nSPS) is 11.3. The van der Waals surface area contributed by atoms with E-state index in [0.29, 0.717) is 6.54 Å². The highest BCUT2D eigenvalue weighted by molar-refractivity contribution is 5.79. The molecular weight excluding hydrogens is 240 g/mol. The zero-order valence-electron chi connectivity index (χ0n) is 10.5. The molecule has 1 rings (SSSR count). The lowest BCUT2D eigenvalue weighted by atomic mass is 10.1. The van der Waals surface area contributed by atoms with Gasteiger partial charge in [0.2, 0.25) is 0 Å². The fourth-order valence-corrected chi connectivity index (χ4v) is 1.44. The van der Waals surface area contributed by atoms with Crippen LogP contribution in [-0.4, -0.2) is 19.1 Å². The third-order valence-corrected chi connectivity index (χ3v) is 2.43. The summed E-state index contributed by atoms with van der Waals surface area (Å²) in [5.74, 6) is -5.10. The summed E-state index contributed by atoms with van der Waals surface area (Å²) >= 11 is 0. The molecule has 18 heavy (non-hydrogen) atoms. The van der Waals surface area contributed by atoms with Crippen LogP contribution in [0.4, 0.5) is 8.78 Å². The van der Waals surface area contributed by atoms with Crippen molar-refractivity contribution in [3.63, 3.8) is 0 Å². The molecule has 0 radical (unpaired) electrons. The van der Waals surface area contributed by atoms with Crippen molar-refractivity contribution in [1.29, 1.82) is 0 Å². The number of esters is 1. The summed E-state index contributed by atoms with van der Waals surface area (Å²) in [4.78, 5) is 11.1. The van der Waals surface area contributed by atoms with Gasteiger partial charge in [0.1, 0.15) is 0 Å². The van der Waals surface area contributed by atoms with Crippen LogP contribution in [0.15, 0.2) is 24.3 Å². The zero-order chi connectivity index (χ0) is 13.6. The van der Waals surface area contributed by atoms with E-state index in [-0.39, 0.29) is 12.2 Å². The third kappa shape index (κ3) is 3.50. The Hall–Kier alpha value is -1.49. The van der Waals surface area contributed by atoms with Crippen molar-refractivity contribution in [2.45, 2.75) is 26.3 Å². The first-order valence-corrected chi connectivity index (χ1v) is 5.87. The number of rotatable bonds is 6. The Labute approximate surface area is 105 Å². The number of hydrogen-bond donors (Lipinski definition) is 1. The summed E-state index contributed by atoms with van der Waals surface area (Å²) in [6.07, 6.45) is 0. The number of carbonyl (C=O) groups excluding carboxylic acids is 1. The van der Waals surface area contributed by atoms with Gasteiger partial charge in [0.25, 0.3) is 0 Å². The van der Waals surface area contributed by atoms with Crippen molar-refractivity contribution < 1.29 is 18.3 Å². The van der Waals surface area contributed by atoms with Gasteiger partial charge in [-0.2, -0.15) is 8.78 Å². The van der Waals surface area contributed by atoms with Crippen LogP contribution in [0.5, 0.6) is 0 Å². The quantitative estimate of drug-likeness (QED) is 0.795. The van der Waals surface area contributed by atoms with E-state index in [9.17, 15) is 13.6 Å².